The van der Waals surface area contributed by atoms with Gasteiger partial charge in [0.15, 0.2) is 6.79 Å². The second-order valence-electron chi connectivity index (χ2n) is 0.679. The summed E-state index contributed by atoms with van der Waals surface area (Å²) in [5.41, 5.74) is 0. The summed E-state index contributed by atoms with van der Waals surface area (Å²) < 4.78 is 8.03. The van der Waals surface area contributed by atoms with Crippen LogP contribution < -0.4 is 0 Å². The van der Waals surface area contributed by atoms with E-state index < -0.39 is 6.79 Å². The van der Waals surface area contributed by atoms with Gasteiger partial charge < -0.3 is 14.6 Å². The van der Waals surface area contributed by atoms with Crippen molar-refractivity contribution < 1.29 is 19.4 Å². The predicted molar refractivity (Wildman–Crippen MR) is 19.8 cm³/mol. The molecule has 7 heavy (non-hydrogen) atoms. The third kappa shape index (κ3) is 5.39. The lowest BCUT2D eigenvalue weighted by atomic mass is 11.3. The van der Waals surface area contributed by atoms with E-state index in [1.165, 1.54) is 0 Å². The molecule has 1 radical (unpaired) electrons. The van der Waals surface area contributed by atoms with Gasteiger partial charge in [0.2, 0.25) is 0 Å². The first-order valence-electron chi connectivity index (χ1n) is 1.59. The third-order valence-electron chi connectivity index (χ3n) is 0.292. The van der Waals surface area contributed by atoms with Gasteiger partial charge in [0.05, 0.1) is 0 Å². The van der Waals surface area contributed by atoms with E-state index >= 15 is 0 Å². The largest absolute Gasteiger partial charge is 0.430 e. The van der Waals surface area contributed by atoms with Gasteiger partial charge in [0.1, 0.15) is 6.79 Å². The van der Waals surface area contributed by atoms with Crippen LogP contribution in [0.15, 0.2) is 0 Å². The van der Waals surface area contributed by atoms with Crippen LogP contribution in [0, 0.1) is 0 Å². The average Bonchev–Trinajstić information content (AvgIpc) is 1.69. The van der Waals surface area contributed by atoms with Crippen molar-refractivity contribution in [2.45, 2.75) is 0 Å². The van der Waals surface area contributed by atoms with Gasteiger partial charge in [-0.2, -0.15) is 0 Å². The maximum Gasteiger partial charge on any atom is 0.419 e. The lowest BCUT2D eigenvalue weighted by molar-refractivity contribution is -0.0707. The number of hydrogen-bond donors (Lipinski definition) is 1. The van der Waals surface area contributed by atoms with E-state index in [-0.39, 0.29) is 6.79 Å². The maximum atomic E-state index is 9.17. The zero-order valence-electron chi connectivity index (χ0n) is 3.59. The fourth-order valence-electron chi connectivity index (χ4n) is 0.103. The van der Waals surface area contributed by atoms with Crippen LogP contribution in [-0.2, 0) is 14.3 Å². The van der Waals surface area contributed by atoms with Crippen LogP contribution in [0.25, 0.3) is 0 Å². The minimum atomic E-state index is -0.443. The standard InChI is InChI=1S/C3H5O4/c4-1-6-3-7-2-5/h4H,1,3H2. The van der Waals surface area contributed by atoms with Gasteiger partial charge in [-0.25, -0.2) is 4.79 Å². The highest BCUT2D eigenvalue weighted by Gasteiger charge is 1.78. The van der Waals surface area contributed by atoms with Crippen LogP contribution in [0.2, 0.25) is 0 Å². The topological polar surface area (TPSA) is 55.8 Å². The molecule has 0 unspecified atom stereocenters. The highest BCUT2D eigenvalue weighted by molar-refractivity contribution is 5.37. The minimum absolute atomic E-state index is 0.236. The molecule has 0 amide bonds. The summed E-state index contributed by atoms with van der Waals surface area (Å²) in [5, 5.41) is 7.86. The van der Waals surface area contributed by atoms with Crippen molar-refractivity contribution >= 4 is 6.47 Å². The van der Waals surface area contributed by atoms with Gasteiger partial charge >= 0.3 is 6.47 Å². The second-order valence-corrected chi connectivity index (χ2v) is 0.679. The van der Waals surface area contributed by atoms with Crippen molar-refractivity contribution in [2.75, 3.05) is 13.6 Å². The zero-order valence-corrected chi connectivity index (χ0v) is 3.59. The van der Waals surface area contributed by atoms with Crippen LogP contribution in [0.5, 0.6) is 0 Å². The molecule has 0 aliphatic rings. The summed E-state index contributed by atoms with van der Waals surface area (Å²) in [6.07, 6.45) is 0. The van der Waals surface area contributed by atoms with E-state index in [9.17, 15) is 4.79 Å². The van der Waals surface area contributed by atoms with Gasteiger partial charge in [-0.05, 0) is 0 Å². The van der Waals surface area contributed by atoms with E-state index in [1.807, 2.05) is 0 Å². The molecule has 0 aromatic rings. The fourth-order valence-corrected chi connectivity index (χ4v) is 0.103. The molecule has 0 saturated carbocycles. The van der Waals surface area contributed by atoms with Crippen molar-refractivity contribution in [3.63, 3.8) is 0 Å². The number of ether oxygens (including phenoxy) is 2. The Morgan fingerprint density at radius 1 is 1.71 bits per heavy atom. The van der Waals surface area contributed by atoms with Crippen molar-refractivity contribution in [1.29, 1.82) is 0 Å². The summed E-state index contributed by atoms with van der Waals surface area (Å²) in [6.45, 7) is 0.438. The Labute approximate surface area is 40.7 Å². The van der Waals surface area contributed by atoms with Crippen LogP contribution in [0.4, 0.5) is 0 Å². The number of rotatable bonds is 4. The Bertz CT molecular complexity index is 44.2. The SMILES string of the molecule is O=[C]OCOCO. The highest BCUT2D eigenvalue weighted by atomic mass is 16.7. The predicted octanol–water partition coefficient (Wildman–Crippen LogP) is -1.01. The molecular formula is C3H5O4. The molecule has 0 saturated heterocycles. The molecule has 0 aromatic heterocycles. The van der Waals surface area contributed by atoms with E-state index in [4.69, 9.17) is 5.11 Å². The van der Waals surface area contributed by atoms with Gasteiger partial charge in [-0.15, -0.1) is 0 Å². The summed E-state index contributed by atoms with van der Waals surface area (Å²) in [4.78, 5) is 9.17. The molecule has 41 valence electrons. The highest BCUT2D eigenvalue weighted by Crippen LogP contribution is 1.67. The first-order valence-corrected chi connectivity index (χ1v) is 1.59. The lowest BCUT2D eigenvalue weighted by Crippen LogP contribution is -1.97. The molecule has 0 heterocycles. The van der Waals surface area contributed by atoms with Crippen molar-refractivity contribution in [1.82, 2.24) is 0 Å². The second kappa shape index (κ2) is 5.39. The van der Waals surface area contributed by atoms with Crippen molar-refractivity contribution in [3.05, 3.63) is 0 Å². The molecular weight excluding hydrogens is 100 g/mol. The molecule has 1 N–H and O–H groups in total. The van der Waals surface area contributed by atoms with Crippen molar-refractivity contribution in [3.8, 4) is 0 Å². The molecule has 0 atom stereocenters. The Hall–Kier alpha value is -0.610. The van der Waals surface area contributed by atoms with Crippen LogP contribution in [-0.4, -0.2) is 25.2 Å². The molecule has 0 rings (SSSR count). The van der Waals surface area contributed by atoms with Crippen LogP contribution in [0.3, 0.4) is 0 Å². The quantitative estimate of drug-likeness (QED) is 0.368. The zero-order chi connectivity index (χ0) is 5.54. The monoisotopic (exact) mass is 105 g/mol. The van der Waals surface area contributed by atoms with E-state index in [0.717, 1.165) is 6.47 Å². The number of hydrogen-bond acceptors (Lipinski definition) is 4. The van der Waals surface area contributed by atoms with Crippen LogP contribution >= 0.6 is 0 Å². The summed E-state index contributed by atoms with van der Waals surface area (Å²) in [5.74, 6) is 0. The molecule has 0 aromatic carbocycles. The minimum Gasteiger partial charge on any atom is -0.430 e. The Balaban J connectivity index is 2.56. The average molecular weight is 105 g/mol. The fraction of sp³-hybridized carbons (Fsp3) is 0.667. The molecule has 0 bridgehead atoms. The number of carbonyl (C=O) groups excluding carboxylic acids is 1. The molecule has 0 spiro atoms. The van der Waals surface area contributed by atoms with Gasteiger partial charge in [-0.1, -0.05) is 0 Å². The van der Waals surface area contributed by atoms with E-state index in [0.29, 0.717) is 0 Å². The van der Waals surface area contributed by atoms with Crippen LogP contribution in [0.1, 0.15) is 0 Å². The van der Waals surface area contributed by atoms with Gasteiger partial charge in [-0.3, -0.25) is 0 Å². The summed E-state index contributed by atoms with van der Waals surface area (Å²) in [6, 6.07) is 0. The van der Waals surface area contributed by atoms with E-state index in [2.05, 4.69) is 9.47 Å². The Morgan fingerprint density at radius 2 is 2.43 bits per heavy atom. The summed E-state index contributed by atoms with van der Waals surface area (Å²) >= 11 is 0. The molecule has 4 heteroatoms. The summed E-state index contributed by atoms with van der Waals surface area (Å²) in [7, 11) is 0. The normalized spacial score (nSPS) is 8.14. The molecule has 4 nitrogen and oxygen atoms in total. The Morgan fingerprint density at radius 3 is 2.86 bits per heavy atom. The molecule has 0 fully saturated rings. The maximum absolute atomic E-state index is 9.17. The first kappa shape index (κ1) is 6.39. The smallest absolute Gasteiger partial charge is 0.419 e. The molecule has 0 aliphatic heterocycles. The third-order valence-corrected chi connectivity index (χ3v) is 0.292. The number of aliphatic hydroxyl groups excluding tert-OH is 1. The molecule has 0 aliphatic carbocycles. The Kier molecular flexibility index (Phi) is 4.92. The van der Waals surface area contributed by atoms with E-state index in [1.54, 1.807) is 0 Å². The van der Waals surface area contributed by atoms with Gasteiger partial charge in [0, 0.05) is 0 Å². The number of aliphatic hydroxyl groups is 1. The first-order chi connectivity index (χ1) is 3.41. The van der Waals surface area contributed by atoms with Gasteiger partial charge in [0.25, 0.3) is 0 Å². The van der Waals surface area contributed by atoms with Crippen molar-refractivity contribution in [2.24, 2.45) is 0 Å². The lowest BCUT2D eigenvalue weighted by Gasteiger charge is -1.92.